The number of carbonyl (C=O) groups is 2. The molecule has 1 aromatic carbocycles. The molecule has 0 spiro atoms. The van der Waals surface area contributed by atoms with Gasteiger partial charge in [-0.15, -0.1) is 0 Å². The van der Waals surface area contributed by atoms with Gasteiger partial charge < -0.3 is 10.4 Å². The van der Waals surface area contributed by atoms with Gasteiger partial charge in [0.1, 0.15) is 0 Å². The Kier molecular flexibility index (Phi) is 5.48. The van der Waals surface area contributed by atoms with Crippen LogP contribution in [0.3, 0.4) is 0 Å². The van der Waals surface area contributed by atoms with Gasteiger partial charge in [-0.1, -0.05) is 36.0 Å². The van der Waals surface area contributed by atoms with Gasteiger partial charge in [0.25, 0.3) is 5.91 Å². The van der Waals surface area contributed by atoms with Crippen LogP contribution in [0.5, 0.6) is 0 Å². The van der Waals surface area contributed by atoms with Crippen LogP contribution in [-0.2, 0) is 4.79 Å². The van der Waals surface area contributed by atoms with Crippen LogP contribution in [0.25, 0.3) is 0 Å². The summed E-state index contributed by atoms with van der Waals surface area (Å²) in [6.07, 6.45) is 3.46. The van der Waals surface area contributed by atoms with Crippen molar-refractivity contribution >= 4 is 35.1 Å². The number of amides is 1. The first-order chi connectivity index (χ1) is 9.99. The molecule has 1 fully saturated rings. The maximum absolute atomic E-state index is 12.1. The maximum atomic E-state index is 12.1. The first kappa shape index (κ1) is 16.1. The molecule has 0 radical (unpaired) electrons. The van der Waals surface area contributed by atoms with Crippen molar-refractivity contribution in [3.8, 4) is 0 Å². The van der Waals surface area contributed by atoms with Crippen molar-refractivity contribution < 1.29 is 14.7 Å². The van der Waals surface area contributed by atoms with Gasteiger partial charge in [0.05, 0.1) is 16.0 Å². The lowest BCUT2D eigenvalue weighted by Gasteiger charge is -2.28. The molecule has 21 heavy (non-hydrogen) atoms. The Morgan fingerprint density at radius 3 is 2.57 bits per heavy atom. The normalized spacial score (nSPS) is 21.8. The highest BCUT2D eigenvalue weighted by Gasteiger charge is 2.30. The molecule has 0 aromatic heterocycles. The minimum atomic E-state index is -0.775. The van der Waals surface area contributed by atoms with E-state index in [2.05, 4.69) is 5.32 Å². The van der Waals surface area contributed by atoms with Crippen LogP contribution < -0.4 is 5.32 Å². The van der Waals surface area contributed by atoms with E-state index >= 15 is 0 Å². The van der Waals surface area contributed by atoms with Gasteiger partial charge in [-0.25, -0.2) is 0 Å². The zero-order valence-corrected chi connectivity index (χ0v) is 13.0. The summed E-state index contributed by atoms with van der Waals surface area (Å²) in [6.45, 7) is 0.371. The third-order valence-electron chi connectivity index (χ3n) is 3.93. The fourth-order valence-electron chi connectivity index (χ4n) is 2.74. The van der Waals surface area contributed by atoms with E-state index in [4.69, 9.17) is 23.2 Å². The summed E-state index contributed by atoms with van der Waals surface area (Å²) >= 11 is 11.7. The summed E-state index contributed by atoms with van der Waals surface area (Å²) in [6, 6.07) is 4.67. The van der Waals surface area contributed by atoms with Crippen molar-refractivity contribution in [2.75, 3.05) is 6.54 Å². The average molecular weight is 330 g/mol. The van der Waals surface area contributed by atoms with E-state index in [1.54, 1.807) is 12.1 Å². The minimum Gasteiger partial charge on any atom is -0.481 e. The summed E-state index contributed by atoms with van der Waals surface area (Å²) in [5.74, 6) is -1.41. The Balaban J connectivity index is 1.96. The second kappa shape index (κ2) is 7.14. The topological polar surface area (TPSA) is 66.4 Å². The summed E-state index contributed by atoms with van der Waals surface area (Å²) in [7, 11) is 0. The standard InChI is InChI=1S/C15H17Cl2NO3/c16-12-6-5-9(7-13(12)17)14(19)18-8-10-3-1-2-4-11(10)15(20)21/h5-7,10-11H,1-4,8H2,(H,18,19)(H,20,21)/t10-,11-/m0/s1. The lowest BCUT2D eigenvalue weighted by Crippen LogP contribution is -2.37. The van der Waals surface area contributed by atoms with Crippen LogP contribution in [0.15, 0.2) is 18.2 Å². The fourth-order valence-corrected chi connectivity index (χ4v) is 3.04. The van der Waals surface area contributed by atoms with Gasteiger partial charge in [0.2, 0.25) is 0 Å². The summed E-state index contributed by atoms with van der Waals surface area (Å²) in [5, 5.41) is 12.7. The van der Waals surface area contributed by atoms with Gasteiger partial charge >= 0.3 is 5.97 Å². The summed E-state index contributed by atoms with van der Waals surface area (Å²) in [4.78, 5) is 23.3. The number of rotatable bonds is 4. The zero-order chi connectivity index (χ0) is 15.4. The van der Waals surface area contributed by atoms with Crippen molar-refractivity contribution in [2.24, 2.45) is 11.8 Å². The highest BCUT2D eigenvalue weighted by Crippen LogP contribution is 2.30. The van der Waals surface area contributed by atoms with Gasteiger partial charge in [-0.05, 0) is 37.0 Å². The molecular weight excluding hydrogens is 313 g/mol. The van der Waals surface area contributed by atoms with Crippen molar-refractivity contribution in [2.45, 2.75) is 25.7 Å². The first-order valence-corrected chi connectivity index (χ1v) is 7.70. The van der Waals surface area contributed by atoms with E-state index < -0.39 is 5.97 Å². The molecule has 1 amide bonds. The Morgan fingerprint density at radius 2 is 1.90 bits per heavy atom. The molecule has 6 heteroatoms. The lowest BCUT2D eigenvalue weighted by atomic mass is 9.79. The second-order valence-corrected chi connectivity index (χ2v) is 6.14. The number of hydrogen-bond donors (Lipinski definition) is 2. The molecule has 1 saturated carbocycles. The monoisotopic (exact) mass is 329 g/mol. The molecule has 2 N–H and O–H groups in total. The summed E-state index contributed by atoms with van der Waals surface area (Å²) < 4.78 is 0. The Hall–Kier alpha value is -1.26. The predicted molar refractivity (Wildman–Crippen MR) is 81.9 cm³/mol. The van der Waals surface area contributed by atoms with Gasteiger partial charge in [-0.2, -0.15) is 0 Å². The molecule has 114 valence electrons. The molecule has 2 atom stereocenters. The Bertz CT molecular complexity index is 548. The van der Waals surface area contributed by atoms with Crippen LogP contribution >= 0.6 is 23.2 Å². The molecule has 0 unspecified atom stereocenters. The number of aliphatic carboxylic acids is 1. The van der Waals surface area contributed by atoms with Crippen LogP contribution in [-0.4, -0.2) is 23.5 Å². The molecule has 0 saturated heterocycles. The number of hydrogen-bond acceptors (Lipinski definition) is 2. The first-order valence-electron chi connectivity index (χ1n) is 6.95. The molecule has 0 aliphatic heterocycles. The Morgan fingerprint density at radius 1 is 1.19 bits per heavy atom. The van der Waals surface area contributed by atoms with Crippen LogP contribution in [0.2, 0.25) is 10.0 Å². The van der Waals surface area contributed by atoms with Gasteiger partial charge in [0, 0.05) is 12.1 Å². The highest BCUT2D eigenvalue weighted by molar-refractivity contribution is 6.42. The van der Waals surface area contributed by atoms with E-state index in [9.17, 15) is 14.7 Å². The maximum Gasteiger partial charge on any atom is 0.306 e. The third-order valence-corrected chi connectivity index (χ3v) is 4.67. The largest absolute Gasteiger partial charge is 0.481 e. The van der Waals surface area contributed by atoms with Crippen LogP contribution in [0.1, 0.15) is 36.0 Å². The molecule has 1 aliphatic carbocycles. The molecule has 2 rings (SSSR count). The van der Waals surface area contributed by atoms with Crippen molar-refractivity contribution in [1.29, 1.82) is 0 Å². The number of carboxylic acids is 1. The number of carbonyl (C=O) groups excluding carboxylic acids is 1. The van der Waals surface area contributed by atoms with E-state index in [0.717, 1.165) is 19.3 Å². The van der Waals surface area contributed by atoms with Gasteiger partial charge in [-0.3, -0.25) is 9.59 Å². The SMILES string of the molecule is O=C(NC[C@@H]1CCCC[C@@H]1C(=O)O)c1ccc(Cl)c(Cl)c1. The van der Waals surface area contributed by atoms with E-state index in [1.165, 1.54) is 6.07 Å². The lowest BCUT2D eigenvalue weighted by molar-refractivity contribution is -0.144. The number of nitrogens with one attached hydrogen (secondary N) is 1. The minimum absolute atomic E-state index is 0.0111. The molecule has 1 aliphatic rings. The number of halogens is 2. The van der Waals surface area contributed by atoms with E-state index in [1.807, 2.05) is 0 Å². The molecule has 4 nitrogen and oxygen atoms in total. The second-order valence-electron chi connectivity index (χ2n) is 5.33. The summed E-state index contributed by atoms with van der Waals surface area (Å²) in [5.41, 5.74) is 0.423. The predicted octanol–water partition coefficient (Wildman–Crippen LogP) is 3.61. The number of benzene rings is 1. The van der Waals surface area contributed by atoms with Crippen molar-refractivity contribution in [3.63, 3.8) is 0 Å². The smallest absolute Gasteiger partial charge is 0.306 e. The van der Waals surface area contributed by atoms with Crippen molar-refractivity contribution in [1.82, 2.24) is 5.32 Å². The molecule has 0 heterocycles. The van der Waals surface area contributed by atoms with Crippen LogP contribution in [0.4, 0.5) is 0 Å². The van der Waals surface area contributed by atoms with Gasteiger partial charge in [0.15, 0.2) is 0 Å². The van der Waals surface area contributed by atoms with E-state index in [0.29, 0.717) is 28.6 Å². The third kappa shape index (κ3) is 4.11. The molecular formula is C15H17Cl2NO3. The molecule has 0 bridgehead atoms. The fraction of sp³-hybridized carbons (Fsp3) is 0.467. The Labute approximate surface area is 133 Å². The number of carboxylic acid groups (broad SMARTS) is 1. The highest BCUT2D eigenvalue weighted by atomic mass is 35.5. The van der Waals surface area contributed by atoms with E-state index in [-0.39, 0.29) is 17.7 Å². The average Bonchev–Trinajstić information content (AvgIpc) is 2.47. The van der Waals surface area contributed by atoms with Crippen LogP contribution in [0, 0.1) is 11.8 Å². The quantitative estimate of drug-likeness (QED) is 0.886. The van der Waals surface area contributed by atoms with Crippen molar-refractivity contribution in [3.05, 3.63) is 33.8 Å². The zero-order valence-electron chi connectivity index (χ0n) is 11.4. The molecule has 1 aromatic rings.